The molecule has 1 rings (SSSR count). The van der Waals surface area contributed by atoms with Crippen LogP contribution in [0.5, 0.6) is 5.75 Å². The number of nitrogens with zero attached hydrogens (tertiary/aromatic N) is 1. The summed E-state index contributed by atoms with van der Waals surface area (Å²) in [5.74, 6) is 0.212. The first kappa shape index (κ1) is 14.9. The van der Waals surface area contributed by atoms with E-state index in [1.165, 1.54) is 19.3 Å². The van der Waals surface area contributed by atoms with Crippen LogP contribution in [0.4, 0.5) is 0 Å². The summed E-state index contributed by atoms with van der Waals surface area (Å²) in [5, 5.41) is 18.7. The van der Waals surface area contributed by atoms with Crippen molar-refractivity contribution in [2.45, 2.75) is 26.4 Å². The van der Waals surface area contributed by atoms with E-state index in [0.717, 1.165) is 0 Å². The van der Waals surface area contributed by atoms with E-state index in [2.05, 4.69) is 0 Å². The molecule has 0 saturated heterocycles. The zero-order chi connectivity index (χ0) is 14.6. The molecule has 0 aliphatic carbocycles. The average molecular weight is 259 g/mol. The summed E-state index contributed by atoms with van der Waals surface area (Å²) in [6.07, 6.45) is 1.49. The van der Waals surface area contributed by atoms with Crippen molar-refractivity contribution in [1.82, 2.24) is 0 Å². The van der Waals surface area contributed by atoms with Crippen LogP contribution in [-0.2, 0) is 0 Å². The molecule has 0 unspecified atom stereocenters. The number of hydrogen-bond acceptors (Lipinski definition) is 4. The third-order valence-corrected chi connectivity index (χ3v) is 2.51. The zero-order valence-corrected chi connectivity index (χ0v) is 11.5. The Hall–Kier alpha value is -2.12. The highest BCUT2D eigenvalue weighted by molar-refractivity contribution is 6.08. The summed E-state index contributed by atoms with van der Waals surface area (Å²) in [5.41, 5.74) is 0.0888. The van der Waals surface area contributed by atoms with Crippen molar-refractivity contribution in [2.24, 2.45) is 0 Å². The average Bonchev–Trinajstić information content (AvgIpc) is 2.34. The lowest BCUT2D eigenvalue weighted by atomic mass is 9.98. The highest BCUT2D eigenvalue weighted by Crippen LogP contribution is 2.21. The molecule has 0 radical (unpaired) electrons. The highest BCUT2D eigenvalue weighted by Gasteiger charge is 2.15. The Morgan fingerprint density at radius 1 is 1.47 bits per heavy atom. The molecular weight excluding hydrogens is 242 g/mol. The van der Waals surface area contributed by atoms with E-state index in [1.807, 2.05) is 6.07 Å². The minimum atomic E-state index is -1.05. The number of carbonyl (C=O) groups excluding carboxylic acids is 1. The molecule has 0 bridgehead atoms. The second-order valence-corrected chi connectivity index (χ2v) is 4.84. The van der Waals surface area contributed by atoms with Crippen molar-refractivity contribution in [3.63, 3.8) is 0 Å². The first-order valence-electron chi connectivity index (χ1n) is 5.83. The van der Waals surface area contributed by atoms with Crippen molar-refractivity contribution >= 4 is 5.78 Å². The Balaban J connectivity index is 3.15. The van der Waals surface area contributed by atoms with Gasteiger partial charge in [-0.25, -0.2) is 0 Å². The number of ether oxygens (including phenoxy) is 1. The lowest BCUT2D eigenvalue weighted by Gasteiger charge is -2.13. The van der Waals surface area contributed by atoms with E-state index < -0.39 is 5.60 Å². The molecule has 0 aromatic heterocycles. The predicted molar refractivity (Wildman–Crippen MR) is 72.1 cm³/mol. The number of benzene rings is 1. The molecule has 0 heterocycles. The molecule has 0 amide bonds. The van der Waals surface area contributed by atoms with Crippen LogP contribution < -0.4 is 4.74 Å². The van der Waals surface area contributed by atoms with E-state index in [1.54, 1.807) is 32.9 Å². The molecule has 0 saturated carbocycles. The van der Waals surface area contributed by atoms with E-state index in [9.17, 15) is 9.90 Å². The molecule has 1 aromatic carbocycles. The highest BCUT2D eigenvalue weighted by atomic mass is 16.5. The van der Waals surface area contributed by atoms with Gasteiger partial charge in [0.25, 0.3) is 0 Å². The van der Waals surface area contributed by atoms with E-state index in [4.69, 9.17) is 10.00 Å². The summed E-state index contributed by atoms with van der Waals surface area (Å²) >= 11 is 0. The quantitative estimate of drug-likeness (QED) is 0.666. The van der Waals surface area contributed by atoms with Gasteiger partial charge in [-0.1, -0.05) is 0 Å². The van der Waals surface area contributed by atoms with Crippen molar-refractivity contribution < 1.29 is 14.6 Å². The number of ketones is 1. The molecular formula is C15H17NO3. The van der Waals surface area contributed by atoms with Gasteiger partial charge in [0.05, 0.1) is 18.3 Å². The van der Waals surface area contributed by atoms with E-state index in [-0.39, 0.29) is 5.78 Å². The fourth-order valence-corrected chi connectivity index (χ4v) is 1.76. The van der Waals surface area contributed by atoms with Gasteiger partial charge in [0, 0.05) is 5.56 Å². The largest absolute Gasteiger partial charge is 0.495 e. The SMILES string of the molecule is COc1ccc(C(=O)/C(C)=C/C(C)(C)O)cc1C#N. The third kappa shape index (κ3) is 3.94. The third-order valence-electron chi connectivity index (χ3n) is 2.51. The molecule has 0 spiro atoms. The molecule has 0 fully saturated rings. The number of Topliss-reactive ketones (excluding diaryl/α,β-unsaturated/α-hetero) is 1. The standard InChI is InChI=1S/C15H17NO3/c1-10(8-15(2,3)18)14(17)11-5-6-13(19-4)12(7-11)9-16/h5-8,18H,1-4H3/b10-8+. The molecule has 19 heavy (non-hydrogen) atoms. The van der Waals surface area contributed by atoms with Gasteiger partial charge < -0.3 is 9.84 Å². The molecule has 0 aliphatic rings. The van der Waals surface area contributed by atoms with Gasteiger partial charge in [-0.15, -0.1) is 0 Å². The maximum atomic E-state index is 12.2. The van der Waals surface area contributed by atoms with Crippen LogP contribution in [0.3, 0.4) is 0 Å². The lowest BCUT2D eigenvalue weighted by Crippen LogP contribution is -2.16. The number of aliphatic hydroxyl groups is 1. The Bertz CT molecular complexity index is 560. The zero-order valence-electron chi connectivity index (χ0n) is 11.5. The Labute approximate surface area is 112 Å². The van der Waals surface area contributed by atoms with Crippen molar-refractivity contribution in [3.05, 3.63) is 41.0 Å². The van der Waals surface area contributed by atoms with Crippen molar-refractivity contribution in [1.29, 1.82) is 5.26 Å². The Morgan fingerprint density at radius 3 is 2.58 bits per heavy atom. The number of allylic oxidation sites excluding steroid dienone is 1. The summed E-state index contributed by atoms with van der Waals surface area (Å²) < 4.78 is 5.02. The van der Waals surface area contributed by atoms with Crippen LogP contribution in [-0.4, -0.2) is 23.6 Å². The van der Waals surface area contributed by atoms with Gasteiger partial charge in [-0.2, -0.15) is 5.26 Å². The Morgan fingerprint density at radius 2 is 2.11 bits per heavy atom. The van der Waals surface area contributed by atoms with Crippen LogP contribution in [0.2, 0.25) is 0 Å². The number of rotatable bonds is 4. The summed E-state index contributed by atoms with van der Waals surface area (Å²) in [7, 11) is 1.47. The maximum absolute atomic E-state index is 12.2. The fourth-order valence-electron chi connectivity index (χ4n) is 1.76. The first-order chi connectivity index (χ1) is 8.78. The molecule has 0 aliphatic heterocycles. The monoisotopic (exact) mass is 259 g/mol. The van der Waals surface area contributed by atoms with Crippen LogP contribution in [0.1, 0.15) is 36.7 Å². The Kier molecular flexibility index (Phi) is 4.47. The summed E-state index contributed by atoms with van der Waals surface area (Å²) in [6.45, 7) is 4.83. The second kappa shape index (κ2) is 5.68. The molecule has 4 heteroatoms. The minimum Gasteiger partial charge on any atom is -0.495 e. The minimum absolute atomic E-state index is 0.221. The van der Waals surface area contributed by atoms with Gasteiger partial charge in [0.15, 0.2) is 5.78 Å². The van der Waals surface area contributed by atoms with Crippen LogP contribution in [0.25, 0.3) is 0 Å². The van der Waals surface area contributed by atoms with E-state index >= 15 is 0 Å². The van der Waals surface area contributed by atoms with Gasteiger partial charge >= 0.3 is 0 Å². The van der Waals surface area contributed by atoms with Crippen molar-refractivity contribution in [2.75, 3.05) is 7.11 Å². The molecule has 4 nitrogen and oxygen atoms in total. The number of hydrogen-bond donors (Lipinski definition) is 1. The number of methoxy groups -OCH3 is 1. The van der Waals surface area contributed by atoms with Gasteiger partial charge in [0.2, 0.25) is 0 Å². The topological polar surface area (TPSA) is 70.3 Å². The molecule has 0 atom stereocenters. The molecule has 100 valence electrons. The lowest BCUT2D eigenvalue weighted by molar-refractivity contribution is 0.101. The smallest absolute Gasteiger partial charge is 0.188 e. The van der Waals surface area contributed by atoms with Crippen LogP contribution in [0.15, 0.2) is 29.8 Å². The van der Waals surface area contributed by atoms with E-state index in [0.29, 0.717) is 22.4 Å². The van der Waals surface area contributed by atoms with Crippen LogP contribution >= 0.6 is 0 Å². The number of nitriles is 1. The molecule has 1 N–H and O–H groups in total. The van der Waals surface area contributed by atoms with Crippen molar-refractivity contribution in [3.8, 4) is 11.8 Å². The van der Waals surface area contributed by atoms with Gasteiger partial charge in [0.1, 0.15) is 11.8 Å². The first-order valence-corrected chi connectivity index (χ1v) is 5.83. The summed E-state index contributed by atoms with van der Waals surface area (Å²) in [4.78, 5) is 12.2. The van der Waals surface area contributed by atoms with Gasteiger partial charge in [-0.05, 0) is 50.6 Å². The number of carbonyl (C=O) groups is 1. The fraction of sp³-hybridized carbons (Fsp3) is 0.333. The maximum Gasteiger partial charge on any atom is 0.188 e. The normalized spacial score (nSPS) is 11.9. The predicted octanol–water partition coefficient (Wildman–Crippen LogP) is 2.47. The van der Waals surface area contributed by atoms with Crippen LogP contribution in [0, 0.1) is 11.3 Å². The summed E-state index contributed by atoms with van der Waals surface area (Å²) in [6, 6.07) is 6.66. The molecule has 1 aromatic rings. The second-order valence-electron chi connectivity index (χ2n) is 4.84. The van der Waals surface area contributed by atoms with Gasteiger partial charge in [-0.3, -0.25) is 4.79 Å².